The normalized spacial score (nSPS) is 7.70. The Morgan fingerprint density at radius 1 is 1.50 bits per heavy atom. The van der Waals surface area contributed by atoms with Crippen LogP contribution in [-0.2, 0) is 9.47 Å². The lowest BCUT2D eigenvalue weighted by Crippen LogP contribution is -2.01. The number of nitriles is 1. The van der Waals surface area contributed by atoms with Crippen molar-refractivity contribution in [1.82, 2.24) is 0 Å². The molecule has 0 rings (SSSR count). The lowest BCUT2D eigenvalue weighted by atomic mass is 11.2. The number of rotatable bonds is 2. The Morgan fingerprint density at radius 2 is 2.10 bits per heavy atom. The van der Waals surface area contributed by atoms with E-state index in [9.17, 15) is 0 Å². The first kappa shape index (κ1) is 9.46. The highest BCUT2D eigenvalue weighted by atomic mass is 33.1. The number of hydrogen-bond acceptors (Lipinski definition) is 6. The summed E-state index contributed by atoms with van der Waals surface area (Å²) in [5, 5.41) is 9.90. The van der Waals surface area contributed by atoms with Gasteiger partial charge < -0.3 is 9.47 Å². The van der Waals surface area contributed by atoms with Gasteiger partial charge in [0, 0.05) is 10.8 Å². The van der Waals surface area contributed by atoms with Crippen molar-refractivity contribution in [2.24, 2.45) is 4.40 Å². The van der Waals surface area contributed by atoms with Crippen molar-refractivity contribution in [1.29, 1.82) is 5.26 Å². The summed E-state index contributed by atoms with van der Waals surface area (Å²) in [7, 11) is 4.83. The second kappa shape index (κ2) is 6.58. The first-order valence-electron chi connectivity index (χ1n) is 2.23. The third-order valence-corrected chi connectivity index (χ3v) is 1.58. The fourth-order valence-electron chi connectivity index (χ4n) is 0.224. The van der Waals surface area contributed by atoms with E-state index in [2.05, 4.69) is 13.9 Å². The molecule has 0 aliphatic rings. The van der Waals surface area contributed by atoms with Crippen LogP contribution >= 0.6 is 21.8 Å². The third kappa shape index (κ3) is 4.35. The predicted octanol–water partition coefficient (Wildman–Crippen LogP) is 1.41. The highest BCUT2D eigenvalue weighted by molar-refractivity contribution is 8.78. The van der Waals surface area contributed by atoms with Crippen molar-refractivity contribution < 1.29 is 9.47 Å². The highest BCUT2D eigenvalue weighted by Crippen LogP contribution is 2.20. The fraction of sp³-hybridized carbons (Fsp3) is 0.500. The van der Waals surface area contributed by atoms with Gasteiger partial charge in [-0.15, -0.1) is 4.40 Å². The van der Waals surface area contributed by atoms with Crippen molar-refractivity contribution in [2.75, 3.05) is 14.2 Å². The number of hydrogen-bond donors (Lipinski definition) is 0. The zero-order chi connectivity index (χ0) is 7.82. The van der Waals surface area contributed by atoms with Gasteiger partial charge in [-0.1, -0.05) is 0 Å². The van der Waals surface area contributed by atoms with Crippen LogP contribution in [0.1, 0.15) is 0 Å². The Bertz CT molecular complexity index is 148. The summed E-state index contributed by atoms with van der Waals surface area (Å²) in [6.45, 7) is 0. The molecule has 0 spiro atoms. The molecule has 6 heteroatoms. The Balaban J connectivity index is 3.55. The van der Waals surface area contributed by atoms with E-state index < -0.39 is 0 Å². The van der Waals surface area contributed by atoms with Crippen LogP contribution < -0.4 is 0 Å². The minimum atomic E-state index is 0.160. The Labute approximate surface area is 67.1 Å². The topological polar surface area (TPSA) is 54.6 Å². The lowest BCUT2D eigenvalue weighted by molar-refractivity contribution is 0.245. The summed E-state index contributed by atoms with van der Waals surface area (Å²) in [4.78, 5) is 0. The number of methoxy groups -OCH3 is 2. The molecule has 0 atom stereocenters. The van der Waals surface area contributed by atoms with E-state index in [1.54, 1.807) is 0 Å². The van der Waals surface area contributed by atoms with Crippen molar-refractivity contribution in [3.63, 3.8) is 0 Å². The first-order chi connectivity index (χ1) is 4.85. The van der Waals surface area contributed by atoms with Crippen LogP contribution in [0, 0.1) is 10.7 Å². The molecule has 0 bridgehead atoms. The molecule has 0 saturated carbocycles. The average Bonchev–Trinajstić information content (AvgIpc) is 1.99. The van der Waals surface area contributed by atoms with Gasteiger partial charge in [0.15, 0.2) is 0 Å². The summed E-state index contributed by atoms with van der Waals surface area (Å²) in [5.74, 6) is 0. The molecule has 0 N–H and O–H groups in total. The molecule has 0 saturated heterocycles. The molecule has 0 heterocycles. The largest absolute Gasteiger partial charge is 0.453 e. The van der Waals surface area contributed by atoms with Crippen LogP contribution in [0.3, 0.4) is 0 Å². The molecule has 0 aromatic rings. The van der Waals surface area contributed by atoms with Gasteiger partial charge in [-0.3, -0.25) is 0 Å². The molecule has 56 valence electrons. The number of nitrogens with zero attached hydrogens (tertiary/aromatic N) is 2. The Hall–Kier alpha value is -0.540. The summed E-state index contributed by atoms with van der Waals surface area (Å²) in [5.41, 5.74) is 0. The van der Waals surface area contributed by atoms with Crippen molar-refractivity contribution in [3.05, 3.63) is 0 Å². The SMILES string of the molecule is COC(=NSSC#N)OC. The van der Waals surface area contributed by atoms with E-state index in [4.69, 9.17) is 5.26 Å². The molecule has 0 amide bonds. The van der Waals surface area contributed by atoms with Crippen LogP contribution in [0.4, 0.5) is 0 Å². The predicted molar refractivity (Wildman–Crippen MR) is 42.2 cm³/mol. The fourth-order valence-corrected chi connectivity index (χ4v) is 0.899. The molecule has 0 aromatic carbocycles. The molecule has 0 aliphatic heterocycles. The van der Waals surface area contributed by atoms with Crippen molar-refractivity contribution in [2.45, 2.75) is 0 Å². The van der Waals surface area contributed by atoms with Gasteiger partial charge in [0.1, 0.15) is 5.40 Å². The molecule has 0 radical (unpaired) electrons. The van der Waals surface area contributed by atoms with Gasteiger partial charge in [-0.2, -0.15) is 5.26 Å². The number of ether oxygens (including phenoxy) is 2. The quantitative estimate of drug-likeness (QED) is 0.160. The van der Waals surface area contributed by atoms with E-state index >= 15 is 0 Å². The summed E-state index contributed by atoms with van der Waals surface area (Å²) in [6.07, 6.45) is 0.160. The van der Waals surface area contributed by atoms with Gasteiger partial charge in [0.2, 0.25) is 0 Å². The van der Waals surface area contributed by atoms with Gasteiger partial charge in [-0.25, -0.2) is 0 Å². The minimum absolute atomic E-state index is 0.160. The first-order valence-corrected chi connectivity index (χ1v) is 4.33. The van der Waals surface area contributed by atoms with Gasteiger partial charge in [-0.05, 0) is 0 Å². The second-order valence-electron chi connectivity index (χ2n) is 1.01. The van der Waals surface area contributed by atoms with E-state index in [1.165, 1.54) is 14.2 Å². The average molecular weight is 178 g/mol. The third-order valence-electron chi connectivity index (χ3n) is 0.536. The smallest absolute Gasteiger partial charge is 0.395 e. The number of thiocyanates is 1. The molecule has 4 nitrogen and oxygen atoms in total. The minimum Gasteiger partial charge on any atom is -0.453 e. The monoisotopic (exact) mass is 178 g/mol. The molecule has 0 unspecified atom stereocenters. The van der Waals surface area contributed by atoms with Crippen molar-refractivity contribution in [3.8, 4) is 5.40 Å². The second-order valence-corrected chi connectivity index (χ2v) is 2.64. The van der Waals surface area contributed by atoms with Crippen LogP contribution in [0.15, 0.2) is 4.40 Å². The van der Waals surface area contributed by atoms with Gasteiger partial charge in [0.05, 0.1) is 25.2 Å². The van der Waals surface area contributed by atoms with E-state index in [1.807, 2.05) is 5.40 Å². The molecule has 0 fully saturated rings. The zero-order valence-electron chi connectivity index (χ0n) is 5.53. The zero-order valence-corrected chi connectivity index (χ0v) is 7.16. The lowest BCUT2D eigenvalue weighted by Gasteiger charge is -1.98. The van der Waals surface area contributed by atoms with E-state index in [-0.39, 0.29) is 6.08 Å². The molecule has 10 heavy (non-hydrogen) atoms. The van der Waals surface area contributed by atoms with E-state index in [0.29, 0.717) is 0 Å². The summed E-state index contributed by atoms with van der Waals surface area (Å²) < 4.78 is 12.9. The maximum Gasteiger partial charge on any atom is 0.395 e. The standard InChI is InChI=1S/C4H6N2O2S2/c1-7-4(8-2)6-10-9-3-5/h1-2H3. The van der Waals surface area contributed by atoms with Crippen LogP contribution in [0.2, 0.25) is 0 Å². The van der Waals surface area contributed by atoms with Crippen LogP contribution in [-0.4, -0.2) is 20.3 Å². The maximum absolute atomic E-state index is 8.07. The van der Waals surface area contributed by atoms with Crippen LogP contribution in [0.5, 0.6) is 0 Å². The summed E-state index contributed by atoms with van der Waals surface area (Å²) in [6, 6.07) is 0. The maximum atomic E-state index is 8.07. The Kier molecular flexibility index (Phi) is 6.22. The summed E-state index contributed by atoms with van der Waals surface area (Å²) >= 11 is 0. The Morgan fingerprint density at radius 3 is 2.50 bits per heavy atom. The molecular formula is C4H6N2O2S2. The van der Waals surface area contributed by atoms with Crippen LogP contribution in [0.25, 0.3) is 0 Å². The van der Waals surface area contributed by atoms with E-state index in [0.717, 1.165) is 21.8 Å². The van der Waals surface area contributed by atoms with Gasteiger partial charge in [0.25, 0.3) is 0 Å². The van der Waals surface area contributed by atoms with Gasteiger partial charge >= 0.3 is 6.08 Å². The highest BCUT2D eigenvalue weighted by Gasteiger charge is 1.93. The molecule has 0 aliphatic carbocycles. The molecule has 0 aromatic heterocycles. The molecular weight excluding hydrogens is 172 g/mol. The van der Waals surface area contributed by atoms with Crippen molar-refractivity contribution >= 4 is 27.9 Å².